The fraction of sp³-hybridized carbons (Fsp3) is 0.462. The minimum Gasteiger partial charge on any atom is -0.323 e. The van der Waals surface area contributed by atoms with Crippen LogP contribution in [-0.2, 0) is 19.3 Å². The van der Waals surface area contributed by atoms with Crippen LogP contribution in [0.4, 0.5) is 0 Å². The number of hydrogen-bond acceptors (Lipinski definition) is 4. The molecule has 2 N–H and O–H groups in total. The zero-order chi connectivity index (χ0) is 11.8. The van der Waals surface area contributed by atoms with E-state index in [9.17, 15) is 0 Å². The number of fused-ring (bicyclic) bond motifs is 1. The van der Waals surface area contributed by atoms with E-state index in [2.05, 4.69) is 16.4 Å². The third-order valence-corrected chi connectivity index (χ3v) is 5.55. The lowest BCUT2D eigenvalue weighted by Crippen LogP contribution is -2.11. The average molecular weight is 264 g/mol. The largest absolute Gasteiger partial charge is 0.323 e. The minimum absolute atomic E-state index is 0.121. The first-order chi connectivity index (χ1) is 8.22. The van der Waals surface area contributed by atoms with Crippen LogP contribution in [0.25, 0.3) is 0 Å². The molecule has 2 aromatic heterocycles. The number of aromatic nitrogens is 1. The molecule has 17 heavy (non-hydrogen) atoms. The Labute approximate surface area is 110 Å². The minimum atomic E-state index is 0.121. The number of nitrogens with two attached hydrogens (primary N) is 1. The van der Waals surface area contributed by atoms with Gasteiger partial charge < -0.3 is 5.73 Å². The average Bonchev–Trinajstić information content (AvgIpc) is 2.92. The van der Waals surface area contributed by atoms with Gasteiger partial charge in [-0.3, -0.25) is 0 Å². The number of rotatable bonds is 3. The zero-order valence-corrected chi connectivity index (χ0v) is 11.5. The molecule has 0 aliphatic heterocycles. The Kier molecular flexibility index (Phi) is 3.03. The second-order valence-electron chi connectivity index (χ2n) is 4.64. The van der Waals surface area contributed by atoms with Crippen molar-refractivity contribution >= 4 is 22.7 Å². The molecule has 2 nitrogen and oxygen atoms in total. The Bertz CT molecular complexity index is 506. The fourth-order valence-corrected chi connectivity index (χ4v) is 4.41. The van der Waals surface area contributed by atoms with E-state index in [0.29, 0.717) is 0 Å². The summed E-state index contributed by atoms with van der Waals surface area (Å²) in [5, 5.41) is 3.25. The van der Waals surface area contributed by atoms with Crippen molar-refractivity contribution in [2.24, 2.45) is 5.73 Å². The van der Waals surface area contributed by atoms with Gasteiger partial charge in [-0.15, -0.1) is 22.7 Å². The first kappa shape index (κ1) is 11.4. The lowest BCUT2D eigenvalue weighted by atomic mass is 10.1. The molecule has 0 bridgehead atoms. The Morgan fingerprint density at radius 2 is 2.35 bits per heavy atom. The highest BCUT2D eigenvalue weighted by molar-refractivity contribution is 7.12. The van der Waals surface area contributed by atoms with Gasteiger partial charge in [-0.05, 0) is 37.8 Å². The van der Waals surface area contributed by atoms with Crippen LogP contribution in [0.1, 0.15) is 38.5 Å². The Morgan fingerprint density at radius 1 is 1.47 bits per heavy atom. The Hall–Kier alpha value is -0.710. The van der Waals surface area contributed by atoms with E-state index in [-0.39, 0.29) is 6.04 Å². The van der Waals surface area contributed by atoms with Crippen LogP contribution < -0.4 is 5.73 Å². The van der Waals surface area contributed by atoms with Gasteiger partial charge >= 0.3 is 0 Å². The highest BCUT2D eigenvalue weighted by atomic mass is 32.1. The molecule has 0 spiro atoms. The molecule has 1 aliphatic rings. The molecule has 2 aromatic rings. The summed E-state index contributed by atoms with van der Waals surface area (Å²) in [5.74, 6) is 0. The van der Waals surface area contributed by atoms with Crippen LogP contribution in [0.5, 0.6) is 0 Å². The van der Waals surface area contributed by atoms with Gasteiger partial charge in [0.25, 0.3) is 0 Å². The van der Waals surface area contributed by atoms with Gasteiger partial charge in [0.15, 0.2) is 0 Å². The van der Waals surface area contributed by atoms with Gasteiger partial charge in [0.1, 0.15) is 0 Å². The van der Waals surface area contributed by atoms with E-state index in [1.165, 1.54) is 29.7 Å². The molecular formula is C13H16N2S2. The monoisotopic (exact) mass is 264 g/mol. The predicted molar refractivity (Wildman–Crippen MR) is 73.8 cm³/mol. The molecule has 0 fully saturated rings. The molecule has 0 saturated heterocycles. The molecule has 0 saturated carbocycles. The van der Waals surface area contributed by atoms with E-state index in [4.69, 9.17) is 5.73 Å². The van der Waals surface area contributed by atoms with Crippen LogP contribution in [0.3, 0.4) is 0 Å². The first-order valence-corrected chi connectivity index (χ1v) is 7.70. The molecule has 2 heterocycles. The van der Waals surface area contributed by atoms with Gasteiger partial charge in [-0.25, -0.2) is 4.98 Å². The summed E-state index contributed by atoms with van der Waals surface area (Å²) in [6.07, 6.45) is 4.69. The summed E-state index contributed by atoms with van der Waals surface area (Å²) >= 11 is 3.62. The van der Waals surface area contributed by atoms with Crippen molar-refractivity contribution < 1.29 is 0 Å². The summed E-state index contributed by atoms with van der Waals surface area (Å²) in [7, 11) is 0. The van der Waals surface area contributed by atoms with E-state index in [1.54, 1.807) is 16.2 Å². The van der Waals surface area contributed by atoms with Gasteiger partial charge in [-0.1, -0.05) is 0 Å². The van der Waals surface area contributed by atoms with E-state index in [1.807, 2.05) is 18.3 Å². The first-order valence-electron chi connectivity index (χ1n) is 6.00. The second kappa shape index (κ2) is 4.52. The SMILES string of the molecule is Cc1csc(CC(N)c2cc3c(s2)CCC3)n1. The zero-order valence-electron chi connectivity index (χ0n) is 9.90. The molecule has 1 aliphatic carbocycles. The quantitative estimate of drug-likeness (QED) is 0.924. The van der Waals surface area contributed by atoms with E-state index >= 15 is 0 Å². The number of aryl methyl sites for hydroxylation is 3. The molecule has 3 rings (SSSR count). The van der Waals surface area contributed by atoms with Crippen molar-refractivity contribution in [3.8, 4) is 0 Å². The van der Waals surface area contributed by atoms with Gasteiger partial charge in [-0.2, -0.15) is 0 Å². The van der Waals surface area contributed by atoms with Crippen molar-refractivity contribution in [3.05, 3.63) is 37.5 Å². The summed E-state index contributed by atoms with van der Waals surface area (Å²) in [4.78, 5) is 7.38. The topological polar surface area (TPSA) is 38.9 Å². The van der Waals surface area contributed by atoms with Crippen molar-refractivity contribution in [1.29, 1.82) is 0 Å². The van der Waals surface area contributed by atoms with Crippen LogP contribution in [-0.4, -0.2) is 4.98 Å². The van der Waals surface area contributed by atoms with Gasteiger partial charge in [0, 0.05) is 33.3 Å². The van der Waals surface area contributed by atoms with Crippen molar-refractivity contribution in [2.75, 3.05) is 0 Å². The van der Waals surface area contributed by atoms with Crippen molar-refractivity contribution in [3.63, 3.8) is 0 Å². The number of thiophene rings is 1. The predicted octanol–water partition coefficient (Wildman–Crippen LogP) is 3.24. The molecule has 90 valence electrons. The van der Waals surface area contributed by atoms with Crippen LogP contribution in [0.2, 0.25) is 0 Å². The number of thiazole rings is 1. The van der Waals surface area contributed by atoms with Crippen LogP contribution in [0.15, 0.2) is 11.4 Å². The lowest BCUT2D eigenvalue weighted by Gasteiger charge is -2.06. The smallest absolute Gasteiger partial charge is 0.0947 e. The van der Waals surface area contributed by atoms with Crippen LogP contribution >= 0.6 is 22.7 Å². The number of hydrogen-bond donors (Lipinski definition) is 1. The molecule has 0 amide bonds. The lowest BCUT2D eigenvalue weighted by molar-refractivity contribution is 0.729. The van der Waals surface area contributed by atoms with Crippen molar-refractivity contribution in [2.45, 2.75) is 38.6 Å². The second-order valence-corrected chi connectivity index (χ2v) is 6.75. The van der Waals surface area contributed by atoms with Crippen LogP contribution in [0, 0.1) is 6.92 Å². The van der Waals surface area contributed by atoms with Gasteiger partial charge in [0.2, 0.25) is 0 Å². The molecule has 1 unspecified atom stereocenters. The molecule has 1 atom stereocenters. The summed E-state index contributed by atoms with van der Waals surface area (Å²) in [5.41, 5.74) is 8.91. The Morgan fingerprint density at radius 3 is 3.06 bits per heavy atom. The van der Waals surface area contributed by atoms with Crippen molar-refractivity contribution in [1.82, 2.24) is 4.98 Å². The normalized spacial score (nSPS) is 16.1. The van der Waals surface area contributed by atoms with E-state index in [0.717, 1.165) is 17.1 Å². The maximum absolute atomic E-state index is 6.27. The molecule has 4 heteroatoms. The highest BCUT2D eigenvalue weighted by Crippen LogP contribution is 2.34. The summed E-state index contributed by atoms with van der Waals surface area (Å²) in [6.45, 7) is 2.03. The highest BCUT2D eigenvalue weighted by Gasteiger charge is 2.18. The van der Waals surface area contributed by atoms with E-state index < -0.39 is 0 Å². The summed E-state index contributed by atoms with van der Waals surface area (Å²) < 4.78 is 0. The molecule has 0 radical (unpaired) electrons. The third kappa shape index (κ3) is 2.30. The maximum atomic E-state index is 6.27. The summed E-state index contributed by atoms with van der Waals surface area (Å²) in [6, 6.07) is 2.44. The maximum Gasteiger partial charge on any atom is 0.0947 e. The third-order valence-electron chi connectivity index (χ3n) is 3.19. The molecule has 0 aromatic carbocycles. The molecular weight excluding hydrogens is 248 g/mol. The number of nitrogens with zero attached hydrogens (tertiary/aromatic N) is 1. The standard InChI is InChI=1S/C13H16N2S2/c1-8-7-16-13(15-8)6-10(14)12-5-9-3-2-4-11(9)17-12/h5,7,10H,2-4,6,14H2,1H3. The Balaban J connectivity index is 1.75. The van der Waals surface area contributed by atoms with Gasteiger partial charge in [0.05, 0.1) is 5.01 Å². The fourth-order valence-electron chi connectivity index (χ4n) is 2.32.